The molecule has 0 radical (unpaired) electrons. The summed E-state index contributed by atoms with van der Waals surface area (Å²) >= 11 is 0. The van der Waals surface area contributed by atoms with Crippen molar-refractivity contribution in [2.45, 2.75) is 20.3 Å². The number of aliphatic hydroxyl groups excluding tert-OH is 1. The van der Waals surface area contributed by atoms with E-state index in [1.54, 1.807) is 16.9 Å². The fourth-order valence-electron chi connectivity index (χ4n) is 1.97. The van der Waals surface area contributed by atoms with E-state index in [0.29, 0.717) is 18.7 Å². The third-order valence-electron chi connectivity index (χ3n) is 3.36. The molecule has 0 bridgehead atoms. The lowest BCUT2D eigenvalue weighted by Gasteiger charge is -2.23. The van der Waals surface area contributed by atoms with Crippen LogP contribution in [0.3, 0.4) is 0 Å². The van der Waals surface area contributed by atoms with Crippen molar-refractivity contribution in [2.24, 2.45) is 5.41 Å². The van der Waals surface area contributed by atoms with Crippen LogP contribution in [0.5, 0.6) is 0 Å². The van der Waals surface area contributed by atoms with E-state index in [0.717, 1.165) is 5.69 Å². The highest BCUT2D eigenvalue weighted by Crippen LogP contribution is 2.18. The summed E-state index contributed by atoms with van der Waals surface area (Å²) in [6, 6.07) is 11.3. The van der Waals surface area contributed by atoms with Crippen LogP contribution >= 0.6 is 0 Å². The van der Waals surface area contributed by atoms with Crippen LogP contribution in [0.15, 0.2) is 42.6 Å². The highest BCUT2D eigenvalue weighted by atomic mass is 16.3. The van der Waals surface area contributed by atoms with E-state index >= 15 is 0 Å². The molecule has 0 aliphatic heterocycles. The highest BCUT2D eigenvalue weighted by Gasteiger charge is 2.19. The molecule has 5 heteroatoms. The number of nitrogens with one attached hydrogen (secondary N) is 1. The average molecular weight is 287 g/mol. The lowest BCUT2D eigenvalue weighted by atomic mass is 9.90. The minimum atomic E-state index is -0.198. The second-order valence-electron chi connectivity index (χ2n) is 5.80. The third-order valence-corrected chi connectivity index (χ3v) is 3.36. The van der Waals surface area contributed by atoms with E-state index in [1.807, 2.05) is 44.2 Å². The van der Waals surface area contributed by atoms with Gasteiger partial charge in [-0.2, -0.15) is 5.10 Å². The van der Waals surface area contributed by atoms with Gasteiger partial charge in [0.15, 0.2) is 5.69 Å². The third kappa shape index (κ3) is 4.16. The first-order valence-electron chi connectivity index (χ1n) is 7.02. The first kappa shape index (κ1) is 15.3. The van der Waals surface area contributed by atoms with Crippen LogP contribution in [-0.4, -0.2) is 33.9 Å². The van der Waals surface area contributed by atoms with Gasteiger partial charge in [0.2, 0.25) is 0 Å². The Hall–Kier alpha value is -2.14. The van der Waals surface area contributed by atoms with Crippen molar-refractivity contribution >= 4 is 5.91 Å². The van der Waals surface area contributed by atoms with Gasteiger partial charge in [-0.1, -0.05) is 32.0 Å². The summed E-state index contributed by atoms with van der Waals surface area (Å²) in [5, 5.41) is 16.1. The first-order valence-corrected chi connectivity index (χ1v) is 7.02. The zero-order chi connectivity index (χ0) is 15.3. The number of aromatic nitrogens is 2. The first-order chi connectivity index (χ1) is 10.0. The minimum absolute atomic E-state index is 0.117. The van der Waals surface area contributed by atoms with E-state index in [4.69, 9.17) is 5.11 Å². The molecule has 0 aliphatic rings. The molecule has 0 aliphatic carbocycles. The molecule has 2 N–H and O–H groups in total. The predicted octanol–water partition coefficient (Wildman–Crippen LogP) is 2.01. The fourth-order valence-corrected chi connectivity index (χ4v) is 1.97. The van der Waals surface area contributed by atoms with Crippen LogP contribution in [0.4, 0.5) is 0 Å². The molecule has 1 aromatic carbocycles. The van der Waals surface area contributed by atoms with Gasteiger partial charge in [0, 0.05) is 19.3 Å². The number of rotatable bonds is 6. The Balaban J connectivity index is 2.00. The molecular weight excluding hydrogens is 266 g/mol. The molecule has 5 nitrogen and oxygen atoms in total. The Kier molecular flexibility index (Phi) is 4.75. The molecule has 2 aromatic rings. The second kappa shape index (κ2) is 6.54. The standard InChI is InChI=1S/C16H21N3O2/c1-16(2,9-11-20)12-17-15(21)14-8-10-19(18-14)13-6-4-3-5-7-13/h3-8,10,20H,9,11-12H2,1-2H3,(H,17,21). The topological polar surface area (TPSA) is 67.2 Å². The summed E-state index contributed by atoms with van der Waals surface area (Å²) in [5.74, 6) is -0.198. The molecule has 112 valence electrons. The van der Waals surface area contributed by atoms with Gasteiger partial charge in [0.05, 0.1) is 5.69 Å². The monoisotopic (exact) mass is 287 g/mol. The molecule has 0 atom stereocenters. The molecule has 2 rings (SSSR count). The smallest absolute Gasteiger partial charge is 0.271 e. The Morgan fingerprint density at radius 2 is 2.00 bits per heavy atom. The van der Waals surface area contributed by atoms with E-state index < -0.39 is 0 Å². The van der Waals surface area contributed by atoms with Gasteiger partial charge in [-0.15, -0.1) is 0 Å². The number of hydrogen-bond donors (Lipinski definition) is 2. The van der Waals surface area contributed by atoms with Crippen LogP contribution in [0.25, 0.3) is 5.69 Å². The van der Waals surface area contributed by atoms with Crippen molar-refractivity contribution in [1.82, 2.24) is 15.1 Å². The summed E-state index contributed by atoms with van der Waals surface area (Å²) in [6.07, 6.45) is 2.41. The fraction of sp³-hybridized carbons (Fsp3) is 0.375. The van der Waals surface area contributed by atoms with Gasteiger partial charge >= 0.3 is 0 Å². The zero-order valence-corrected chi connectivity index (χ0v) is 12.4. The van der Waals surface area contributed by atoms with Crippen LogP contribution in [0.2, 0.25) is 0 Å². The summed E-state index contributed by atoms with van der Waals surface area (Å²) in [6.45, 7) is 4.63. The maximum Gasteiger partial charge on any atom is 0.271 e. The molecule has 0 fully saturated rings. The second-order valence-corrected chi connectivity index (χ2v) is 5.80. The Labute approximate surface area is 124 Å². The Morgan fingerprint density at radius 1 is 1.29 bits per heavy atom. The van der Waals surface area contributed by atoms with E-state index in [2.05, 4.69) is 10.4 Å². The molecule has 0 saturated heterocycles. The molecule has 0 saturated carbocycles. The number of carbonyl (C=O) groups excluding carboxylic acids is 1. The van der Waals surface area contributed by atoms with E-state index in [9.17, 15) is 4.79 Å². The van der Waals surface area contributed by atoms with E-state index in [1.165, 1.54) is 0 Å². The quantitative estimate of drug-likeness (QED) is 0.854. The number of hydrogen-bond acceptors (Lipinski definition) is 3. The van der Waals surface area contributed by atoms with Crippen molar-refractivity contribution < 1.29 is 9.90 Å². The van der Waals surface area contributed by atoms with Gasteiger partial charge < -0.3 is 10.4 Å². The molecule has 0 unspecified atom stereocenters. The Morgan fingerprint density at radius 3 is 2.67 bits per heavy atom. The van der Waals surface area contributed by atoms with Crippen LogP contribution in [0, 0.1) is 5.41 Å². The maximum absolute atomic E-state index is 12.1. The van der Waals surface area contributed by atoms with Crippen molar-refractivity contribution in [2.75, 3.05) is 13.2 Å². The number of nitrogens with zero attached hydrogens (tertiary/aromatic N) is 2. The summed E-state index contributed by atoms with van der Waals surface area (Å²) in [7, 11) is 0. The van der Waals surface area contributed by atoms with Crippen LogP contribution < -0.4 is 5.32 Å². The number of amides is 1. The minimum Gasteiger partial charge on any atom is -0.396 e. The number of para-hydroxylation sites is 1. The summed E-state index contributed by atoms with van der Waals surface area (Å²) in [5.41, 5.74) is 1.17. The number of carbonyl (C=O) groups is 1. The zero-order valence-electron chi connectivity index (χ0n) is 12.4. The molecule has 0 spiro atoms. The summed E-state index contributed by atoms with van der Waals surface area (Å²) in [4.78, 5) is 12.1. The van der Waals surface area contributed by atoms with Gasteiger partial charge in [0.25, 0.3) is 5.91 Å². The summed E-state index contributed by atoms with van der Waals surface area (Å²) < 4.78 is 1.67. The molecule has 1 aromatic heterocycles. The van der Waals surface area contributed by atoms with Gasteiger partial charge in [-0.3, -0.25) is 4.79 Å². The van der Waals surface area contributed by atoms with Crippen molar-refractivity contribution in [3.8, 4) is 5.69 Å². The number of aliphatic hydroxyl groups is 1. The SMILES string of the molecule is CC(C)(CCO)CNC(=O)c1ccn(-c2ccccc2)n1. The van der Waals surface area contributed by atoms with Crippen molar-refractivity contribution in [1.29, 1.82) is 0 Å². The van der Waals surface area contributed by atoms with Crippen molar-refractivity contribution in [3.05, 3.63) is 48.3 Å². The predicted molar refractivity (Wildman–Crippen MR) is 81.4 cm³/mol. The Bertz CT molecular complexity index is 591. The lowest BCUT2D eigenvalue weighted by Crippen LogP contribution is -2.34. The number of benzene rings is 1. The molecule has 1 heterocycles. The average Bonchev–Trinajstić information content (AvgIpc) is 2.96. The normalized spacial score (nSPS) is 11.4. The van der Waals surface area contributed by atoms with Crippen LogP contribution in [-0.2, 0) is 0 Å². The van der Waals surface area contributed by atoms with Gasteiger partial charge in [0.1, 0.15) is 0 Å². The highest BCUT2D eigenvalue weighted by molar-refractivity contribution is 5.92. The van der Waals surface area contributed by atoms with E-state index in [-0.39, 0.29) is 17.9 Å². The molecule has 21 heavy (non-hydrogen) atoms. The molecular formula is C16H21N3O2. The van der Waals surface area contributed by atoms with Gasteiger partial charge in [-0.05, 0) is 30.0 Å². The maximum atomic E-state index is 12.1. The van der Waals surface area contributed by atoms with Crippen molar-refractivity contribution in [3.63, 3.8) is 0 Å². The van der Waals surface area contributed by atoms with Crippen LogP contribution in [0.1, 0.15) is 30.8 Å². The molecule has 1 amide bonds. The largest absolute Gasteiger partial charge is 0.396 e. The van der Waals surface area contributed by atoms with Gasteiger partial charge in [-0.25, -0.2) is 4.68 Å². The lowest BCUT2D eigenvalue weighted by molar-refractivity contribution is 0.0923.